The van der Waals surface area contributed by atoms with Gasteiger partial charge in [-0.1, -0.05) is 0 Å². The lowest BCUT2D eigenvalue weighted by Gasteiger charge is -2.28. The fraction of sp³-hybridized carbons (Fsp3) is 0.667. The fourth-order valence-corrected chi connectivity index (χ4v) is 4.16. The van der Waals surface area contributed by atoms with E-state index in [1.54, 1.807) is 11.3 Å². The number of amides is 1. The van der Waals surface area contributed by atoms with Crippen molar-refractivity contribution in [2.45, 2.75) is 50.6 Å². The topological polar surface area (TPSA) is 41.1 Å². The van der Waals surface area contributed by atoms with Crippen molar-refractivity contribution in [1.82, 2.24) is 10.6 Å². The summed E-state index contributed by atoms with van der Waals surface area (Å²) in [5.74, 6) is 0.835. The molecule has 0 aliphatic carbocycles. The molecule has 2 bridgehead atoms. The highest BCUT2D eigenvalue weighted by molar-refractivity contribution is 7.07. The zero-order valence-electron chi connectivity index (χ0n) is 11.2. The second kappa shape index (κ2) is 6.06. The van der Waals surface area contributed by atoms with E-state index in [4.69, 9.17) is 0 Å². The zero-order chi connectivity index (χ0) is 13.1. The highest BCUT2D eigenvalue weighted by Crippen LogP contribution is 2.32. The summed E-state index contributed by atoms with van der Waals surface area (Å²) in [4.78, 5) is 11.9. The van der Waals surface area contributed by atoms with E-state index in [0.29, 0.717) is 18.0 Å². The predicted molar refractivity (Wildman–Crippen MR) is 78.3 cm³/mol. The second-order valence-electron chi connectivity index (χ2n) is 5.91. The molecule has 3 heterocycles. The average molecular weight is 278 g/mol. The van der Waals surface area contributed by atoms with Gasteiger partial charge < -0.3 is 10.6 Å². The van der Waals surface area contributed by atoms with Crippen molar-refractivity contribution in [2.75, 3.05) is 6.54 Å². The van der Waals surface area contributed by atoms with Crippen LogP contribution in [0.2, 0.25) is 0 Å². The van der Waals surface area contributed by atoms with Gasteiger partial charge in [-0.3, -0.25) is 4.79 Å². The molecule has 3 rings (SSSR count). The Hall–Kier alpha value is -0.870. The molecule has 1 amide bonds. The summed E-state index contributed by atoms with van der Waals surface area (Å²) >= 11 is 1.71. The van der Waals surface area contributed by atoms with Crippen molar-refractivity contribution in [3.05, 3.63) is 22.4 Å². The molecule has 0 spiro atoms. The lowest BCUT2D eigenvalue weighted by Crippen LogP contribution is -2.39. The minimum Gasteiger partial charge on any atom is -0.356 e. The van der Waals surface area contributed by atoms with E-state index in [0.717, 1.165) is 19.4 Å². The van der Waals surface area contributed by atoms with Crippen LogP contribution in [0.4, 0.5) is 0 Å². The first-order valence-corrected chi connectivity index (χ1v) is 8.27. The van der Waals surface area contributed by atoms with Crippen LogP contribution < -0.4 is 10.6 Å². The Labute approximate surface area is 118 Å². The number of hydrogen-bond donors (Lipinski definition) is 2. The number of hydrogen-bond acceptors (Lipinski definition) is 3. The number of thiophene rings is 1. The molecule has 0 radical (unpaired) electrons. The first kappa shape index (κ1) is 13.1. The number of nitrogens with one attached hydrogen (secondary N) is 2. The minimum absolute atomic E-state index is 0.238. The Balaban J connectivity index is 1.37. The number of carbonyl (C=O) groups excluding carboxylic acids is 1. The van der Waals surface area contributed by atoms with E-state index >= 15 is 0 Å². The molecule has 2 unspecified atom stereocenters. The summed E-state index contributed by atoms with van der Waals surface area (Å²) in [6, 6.07) is 3.49. The van der Waals surface area contributed by atoms with Gasteiger partial charge in [0.2, 0.25) is 5.91 Å². The molecule has 2 aliphatic heterocycles. The van der Waals surface area contributed by atoms with Gasteiger partial charge >= 0.3 is 0 Å². The van der Waals surface area contributed by atoms with Crippen LogP contribution in [-0.4, -0.2) is 24.5 Å². The van der Waals surface area contributed by atoms with Gasteiger partial charge in [-0.25, -0.2) is 0 Å². The van der Waals surface area contributed by atoms with Gasteiger partial charge in [-0.15, -0.1) is 0 Å². The maximum absolute atomic E-state index is 11.9. The van der Waals surface area contributed by atoms with Gasteiger partial charge in [-0.2, -0.15) is 11.3 Å². The van der Waals surface area contributed by atoms with Crippen molar-refractivity contribution in [3.63, 3.8) is 0 Å². The highest BCUT2D eigenvalue weighted by atomic mass is 32.1. The van der Waals surface area contributed by atoms with Gasteiger partial charge in [0.25, 0.3) is 0 Å². The third-order valence-electron chi connectivity index (χ3n) is 4.36. The summed E-state index contributed by atoms with van der Waals surface area (Å²) in [7, 11) is 0. The Kier molecular flexibility index (Phi) is 4.18. The molecule has 2 atom stereocenters. The standard InChI is InChI=1S/C15H22N2OS/c18-15(16-5-3-11-4-6-19-10-11)9-12-7-13-1-2-14(8-12)17-13/h4,6,10,12-14,17H,1-3,5,7-9H2,(H,16,18). The molecule has 19 heavy (non-hydrogen) atoms. The molecule has 1 aromatic heterocycles. The van der Waals surface area contributed by atoms with Crippen molar-refractivity contribution in [3.8, 4) is 0 Å². The molecular formula is C15H22N2OS. The van der Waals surface area contributed by atoms with Crippen LogP contribution in [0.25, 0.3) is 0 Å². The highest BCUT2D eigenvalue weighted by Gasteiger charge is 2.33. The Morgan fingerprint density at radius 1 is 1.37 bits per heavy atom. The van der Waals surface area contributed by atoms with Crippen molar-refractivity contribution in [1.29, 1.82) is 0 Å². The van der Waals surface area contributed by atoms with Crippen LogP contribution >= 0.6 is 11.3 Å². The molecule has 0 aromatic carbocycles. The molecule has 104 valence electrons. The monoisotopic (exact) mass is 278 g/mol. The number of piperidine rings is 1. The molecule has 0 saturated carbocycles. The third kappa shape index (κ3) is 3.57. The van der Waals surface area contributed by atoms with Gasteiger partial charge in [0.05, 0.1) is 0 Å². The van der Waals surface area contributed by atoms with E-state index in [-0.39, 0.29) is 5.91 Å². The number of rotatable bonds is 5. The maximum Gasteiger partial charge on any atom is 0.220 e. The van der Waals surface area contributed by atoms with E-state index < -0.39 is 0 Å². The lowest BCUT2D eigenvalue weighted by atomic mass is 9.89. The smallest absolute Gasteiger partial charge is 0.220 e. The summed E-state index contributed by atoms with van der Waals surface area (Å²) in [6.07, 6.45) is 6.66. The van der Waals surface area contributed by atoms with Crippen LogP contribution in [0.5, 0.6) is 0 Å². The molecule has 1 aromatic rings. The van der Waals surface area contributed by atoms with Crippen molar-refractivity contribution >= 4 is 17.2 Å². The van der Waals surface area contributed by atoms with Crippen LogP contribution in [0.3, 0.4) is 0 Å². The molecular weight excluding hydrogens is 256 g/mol. The van der Waals surface area contributed by atoms with Crippen molar-refractivity contribution < 1.29 is 4.79 Å². The van der Waals surface area contributed by atoms with Crippen LogP contribution in [0.15, 0.2) is 16.8 Å². The fourth-order valence-electron chi connectivity index (χ4n) is 3.46. The van der Waals surface area contributed by atoms with E-state index in [2.05, 4.69) is 27.5 Å². The summed E-state index contributed by atoms with van der Waals surface area (Å²) in [5.41, 5.74) is 1.32. The number of carbonyl (C=O) groups is 1. The Bertz CT molecular complexity index is 406. The maximum atomic E-state index is 11.9. The van der Waals surface area contributed by atoms with Crippen molar-refractivity contribution in [2.24, 2.45) is 5.92 Å². The van der Waals surface area contributed by atoms with E-state index in [1.165, 1.54) is 31.2 Å². The minimum atomic E-state index is 0.238. The van der Waals surface area contributed by atoms with E-state index in [1.807, 2.05) is 0 Å². The molecule has 4 heteroatoms. The molecule has 2 N–H and O–H groups in total. The largest absolute Gasteiger partial charge is 0.356 e. The van der Waals surface area contributed by atoms with Gasteiger partial charge in [0, 0.05) is 25.0 Å². The van der Waals surface area contributed by atoms with Gasteiger partial charge in [0.15, 0.2) is 0 Å². The van der Waals surface area contributed by atoms with E-state index in [9.17, 15) is 4.79 Å². The summed E-state index contributed by atoms with van der Waals surface area (Å²) in [6.45, 7) is 0.771. The predicted octanol–water partition coefficient (Wildman–Crippen LogP) is 2.33. The molecule has 2 aliphatic rings. The van der Waals surface area contributed by atoms with Crippen LogP contribution in [0.1, 0.15) is 37.7 Å². The Morgan fingerprint density at radius 3 is 2.84 bits per heavy atom. The normalized spacial score (nSPS) is 29.4. The Morgan fingerprint density at radius 2 is 2.16 bits per heavy atom. The summed E-state index contributed by atoms with van der Waals surface area (Å²) < 4.78 is 0. The molecule has 2 saturated heterocycles. The zero-order valence-corrected chi connectivity index (χ0v) is 12.0. The molecule has 3 nitrogen and oxygen atoms in total. The van der Waals surface area contributed by atoms with Crippen LogP contribution in [0, 0.1) is 5.92 Å². The average Bonchev–Trinajstić information content (AvgIpc) is 2.99. The first-order chi connectivity index (χ1) is 9.29. The second-order valence-corrected chi connectivity index (χ2v) is 6.69. The third-order valence-corrected chi connectivity index (χ3v) is 5.09. The quantitative estimate of drug-likeness (QED) is 0.868. The molecule has 2 fully saturated rings. The summed E-state index contributed by atoms with van der Waals surface area (Å²) in [5, 5.41) is 10.9. The number of fused-ring (bicyclic) bond motifs is 2. The first-order valence-electron chi connectivity index (χ1n) is 7.33. The van der Waals surface area contributed by atoms with Gasteiger partial charge in [-0.05, 0) is 60.4 Å². The lowest BCUT2D eigenvalue weighted by molar-refractivity contribution is -0.122. The van der Waals surface area contributed by atoms with Crippen LogP contribution in [-0.2, 0) is 11.2 Å². The SMILES string of the molecule is O=C(CC1CC2CCC(C1)N2)NCCc1ccsc1. The van der Waals surface area contributed by atoms with Gasteiger partial charge in [0.1, 0.15) is 0 Å².